The smallest absolute Gasteiger partial charge is 0.236 e. The molecule has 1 amide bonds. The molecule has 86 valence electrons. The van der Waals surface area contributed by atoms with Gasteiger partial charge in [0.15, 0.2) is 0 Å². The Morgan fingerprint density at radius 3 is 3.00 bits per heavy atom. The molecule has 0 aromatic heterocycles. The number of nitrogens with one attached hydrogen (secondary N) is 1. The molecule has 2 rings (SSSR count). The average Bonchev–Trinajstić information content (AvgIpc) is 3.10. The Morgan fingerprint density at radius 2 is 2.33 bits per heavy atom. The SMILES string of the molecule is O=C(CNC1CC1)N1CCOC(CO)C1. The van der Waals surface area contributed by atoms with Gasteiger partial charge in [0.1, 0.15) is 0 Å². The van der Waals surface area contributed by atoms with E-state index in [1.54, 1.807) is 4.90 Å². The molecular weight excluding hydrogens is 196 g/mol. The summed E-state index contributed by atoms with van der Waals surface area (Å²) in [6.07, 6.45) is 2.18. The minimum Gasteiger partial charge on any atom is -0.394 e. The van der Waals surface area contributed by atoms with Crippen LogP contribution in [0.5, 0.6) is 0 Å². The molecule has 2 N–H and O–H groups in total. The second-order valence-corrected chi connectivity index (χ2v) is 4.17. The predicted octanol–water partition coefficient (Wildman–Crippen LogP) is -1.04. The predicted molar refractivity (Wildman–Crippen MR) is 54.4 cm³/mol. The maximum atomic E-state index is 11.7. The van der Waals surface area contributed by atoms with Crippen LogP contribution in [-0.4, -0.2) is 60.9 Å². The zero-order valence-electron chi connectivity index (χ0n) is 8.82. The minimum atomic E-state index is -0.205. The van der Waals surface area contributed by atoms with E-state index in [2.05, 4.69) is 5.32 Å². The zero-order valence-corrected chi connectivity index (χ0v) is 8.82. The molecule has 5 heteroatoms. The van der Waals surface area contributed by atoms with E-state index in [1.165, 1.54) is 12.8 Å². The Morgan fingerprint density at radius 1 is 1.53 bits per heavy atom. The van der Waals surface area contributed by atoms with Gasteiger partial charge >= 0.3 is 0 Å². The van der Waals surface area contributed by atoms with Gasteiger partial charge in [0.05, 0.1) is 25.9 Å². The highest BCUT2D eigenvalue weighted by atomic mass is 16.5. The summed E-state index contributed by atoms with van der Waals surface area (Å²) in [5.41, 5.74) is 0. The lowest BCUT2D eigenvalue weighted by Crippen LogP contribution is -2.49. The molecule has 0 aromatic carbocycles. The van der Waals surface area contributed by atoms with Gasteiger partial charge in [-0.3, -0.25) is 4.79 Å². The number of ether oxygens (including phenoxy) is 1. The van der Waals surface area contributed by atoms with E-state index in [1.807, 2.05) is 0 Å². The van der Waals surface area contributed by atoms with Crippen molar-refractivity contribution in [1.29, 1.82) is 0 Å². The summed E-state index contributed by atoms with van der Waals surface area (Å²) < 4.78 is 5.28. The number of amides is 1. The van der Waals surface area contributed by atoms with Crippen molar-refractivity contribution in [3.63, 3.8) is 0 Å². The van der Waals surface area contributed by atoms with Gasteiger partial charge in [-0.25, -0.2) is 0 Å². The number of hydrogen-bond donors (Lipinski definition) is 2. The van der Waals surface area contributed by atoms with Crippen LogP contribution in [0.2, 0.25) is 0 Å². The quantitative estimate of drug-likeness (QED) is 0.627. The van der Waals surface area contributed by atoms with Crippen LogP contribution in [-0.2, 0) is 9.53 Å². The number of nitrogens with zero attached hydrogens (tertiary/aromatic N) is 1. The molecule has 1 saturated carbocycles. The summed E-state index contributed by atoms with van der Waals surface area (Å²) in [6, 6.07) is 0.559. The third-order valence-corrected chi connectivity index (χ3v) is 2.81. The van der Waals surface area contributed by atoms with Crippen molar-refractivity contribution in [3.05, 3.63) is 0 Å². The number of morpholine rings is 1. The first-order chi connectivity index (χ1) is 7.29. The highest BCUT2D eigenvalue weighted by Crippen LogP contribution is 2.18. The summed E-state index contributed by atoms with van der Waals surface area (Å²) in [5.74, 6) is 0.114. The van der Waals surface area contributed by atoms with Gasteiger partial charge in [-0.2, -0.15) is 0 Å². The largest absolute Gasteiger partial charge is 0.394 e. The molecule has 1 aliphatic heterocycles. The summed E-state index contributed by atoms with van der Waals surface area (Å²) >= 11 is 0. The first-order valence-electron chi connectivity index (χ1n) is 5.53. The summed E-state index contributed by atoms with van der Waals surface area (Å²) in [5, 5.41) is 12.1. The van der Waals surface area contributed by atoms with Gasteiger partial charge in [-0.05, 0) is 12.8 Å². The topological polar surface area (TPSA) is 61.8 Å². The van der Waals surface area contributed by atoms with Crippen LogP contribution in [0.1, 0.15) is 12.8 Å². The number of hydrogen-bond acceptors (Lipinski definition) is 4. The van der Waals surface area contributed by atoms with Crippen molar-refractivity contribution in [1.82, 2.24) is 10.2 Å². The molecule has 5 nitrogen and oxygen atoms in total. The molecular formula is C10H18N2O3. The Hall–Kier alpha value is -0.650. The van der Waals surface area contributed by atoms with Gasteiger partial charge in [0.2, 0.25) is 5.91 Å². The average molecular weight is 214 g/mol. The number of carbonyl (C=O) groups excluding carboxylic acids is 1. The maximum Gasteiger partial charge on any atom is 0.236 e. The third kappa shape index (κ3) is 3.15. The van der Waals surface area contributed by atoms with E-state index in [0.717, 1.165) is 0 Å². The van der Waals surface area contributed by atoms with Crippen LogP contribution in [0.25, 0.3) is 0 Å². The molecule has 1 aliphatic carbocycles. The highest BCUT2D eigenvalue weighted by molar-refractivity contribution is 5.78. The molecule has 1 saturated heterocycles. The molecule has 0 bridgehead atoms. The van der Waals surface area contributed by atoms with Crippen LogP contribution in [0.4, 0.5) is 0 Å². The molecule has 0 spiro atoms. The van der Waals surface area contributed by atoms with Gasteiger partial charge in [0.25, 0.3) is 0 Å². The summed E-state index contributed by atoms with van der Waals surface area (Å²) in [6.45, 7) is 2.09. The molecule has 0 radical (unpaired) electrons. The first-order valence-corrected chi connectivity index (χ1v) is 5.53. The standard InChI is InChI=1S/C10H18N2O3/c13-7-9-6-12(3-4-15-9)10(14)5-11-8-1-2-8/h8-9,11,13H,1-7H2. The van der Waals surface area contributed by atoms with Crippen LogP contribution < -0.4 is 5.32 Å². The van der Waals surface area contributed by atoms with E-state index in [-0.39, 0.29) is 18.6 Å². The normalized spacial score (nSPS) is 26.7. The van der Waals surface area contributed by atoms with E-state index in [9.17, 15) is 4.79 Å². The molecule has 2 aliphatic rings. The van der Waals surface area contributed by atoms with Crippen LogP contribution in [0, 0.1) is 0 Å². The van der Waals surface area contributed by atoms with Crippen molar-refractivity contribution in [2.45, 2.75) is 25.0 Å². The van der Waals surface area contributed by atoms with E-state index in [4.69, 9.17) is 9.84 Å². The third-order valence-electron chi connectivity index (χ3n) is 2.81. The fourth-order valence-electron chi connectivity index (χ4n) is 1.69. The summed E-state index contributed by atoms with van der Waals surface area (Å²) in [7, 11) is 0. The first kappa shape index (κ1) is 10.9. The van der Waals surface area contributed by atoms with E-state index < -0.39 is 0 Å². The Bertz CT molecular complexity index is 231. The van der Waals surface area contributed by atoms with Crippen LogP contribution in [0.15, 0.2) is 0 Å². The van der Waals surface area contributed by atoms with E-state index >= 15 is 0 Å². The molecule has 1 unspecified atom stereocenters. The molecule has 1 atom stereocenters. The van der Waals surface area contributed by atoms with Crippen LogP contribution >= 0.6 is 0 Å². The van der Waals surface area contributed by atoms with Crippen molar-refractivity contribution < 1.29 is 14.6 Å². The zero-order chi connectivity index (χ0) is 10.7. The van der Waals surface area contributed by atoms with Gasteiger partial charge in [-0.15, -0.1) is 0 Å². The van der Waals surface area contributed by atoms with E-state index in [0.29, 0.717) is 32.3 Å². The molecule has 15 heavy (non-hydrogen) atoms. The van der Waals surface area contributed by atoms with Gasteiger partial charge < -0.3 is 20.1 Å². The number of carbonyl (C=O) groups is 1. The molecule has 1 heterocycles. The fourth-order valence-corrected chi connectivity index (χ4v) is 1.69. The van der Waals surface area contributed by atoms with Gasteiger partial charge in [0, 0.05) is 19.1 Å². The Labute approximate surface area is 89.4 Å². The van der Waals surface area contributed by atoms with Crippen molar-refractivity contribution in [2.75, 3.05) is 32.8 Å². The van der Waals surface area contributed by atoms with Gasteiger partial charge in [-0.1, -0.05) is 0 Å². The number of aliphatic hydroxyl groups is 1. The lowest BCUT2D eigenvalue weighted by molar-refractivity contribution is -0.139. The number of aliphatic hydroxyl groups excluding tert-OH is 1. The fraction of sp³-hybridized carbons (Fsp3) is 0.900. The van der Waals surface area contributed by atoms with Crippen LogP contribution in [0.3, 0.4) is 0 Å². The monoisotopic (exact) mass is 214 g/mol. The van der Waals surface area contributed by atoms with Crippen molar-refractivity contribution in [3.8, 4) is 0 Å². The lowest BCUT2D eigenvalue weighted by Gasteiger charge is -2.32. The molecule has 2 fully saturated rings. The summed E-state index contributed by atoms with van der Waals surface area (Å²) in [4.78, 5) is 13.5. The number of rotatable bonds is 4. The Balaban J connectivity index is 1.72. The highest BCUT2D eigenvalue weighted by Gasteiger charge is 2.26. The Kier molecular flexibility index (Phi) is 3.56. The van der Waals surface area contributed by atoms with Crippen molar-refractivity contribution >= 4 is 5.91 Å². The maximum absolute atomic E-state index is 11.7. The minimum absolute atomic E-state index is 0.0141. The lowest BCUT2D eigenvalue weighted by atomic mass is 10.3. The second-order valence-electron chi connectivity index (χ2n) is 4.17. The second kappa shape index (κ2) is 4.92. The molecule has 0 aromatic rings. The van der Waals surface area contributed by atoms with Crippen molar-refractivity contribution in [2.24, 2.45) is 0 Å².